The summed E-state index contributed by atoms with van der Waals surface area (Å²) in [5, 5.41) is 76.8. The minimum atomic E-state index is -1.34. The number of aliphatic hydroxyl groups excluding tert-OH is 1. The summed E-state index contributed by atoms with van der Waals surface area (Å²) in [6.07, 6.45) is -0.508. The number of rotatable bonds is 2. The number of aliphatic hydroxyl groups is 9. The number of carbonyl (C=O) groups excluding carboxylic acids is 1. The van der Waals surface area contributed by atoms with Crippen LogP contribution in [0.2, 0.25) is 0 Å². The molecule has 68 heavy (non-hydrogen) atoms. The summed E-state index contributed by atoms with van der Waals surface area (Å²) >= 11 is 1.50. The van der Waals surface area contributed by atoms with Crippen molar-refractivity contribution in [1.82, 2.24) is 0 Å². The quantitative estimate of drug-likeness (QED) is 0.0644. The van der Waals surface area contributed by atoms with Crippen LogP contribution in [0.5, 0.6) is 0 Å². The molecule has 0 spiro atoms. The molecule has 0 amide bonds. The molecular weight excluding hydrogens is 1280 g/mol. The van der Waals surface area contributed by atoms with Crippen molar-refractivity contribution >= 4 is 11.0 Å². The molecule has 2 aromatic rings. The maximum atomic E-state index is 10.0. The second kappa shape index (κ2) is 77.1. The average molecular weight is 1390 g/mol. The normalized spacial score (nSPS) is 8.56. The molecule has 2 aromatic carbocycles. The third-order valence-electron chi connectivity index (χ3n) is 2.03. The summed E-state index contributed by atoms with van der Waals surface area (Å²) in [4.78, 5) is 10.0. The van der Waals surface area contributed by atoms with Gasteiger partial charge in [0.25, 0.3) is 0 Å². The van der Waals surface area contributed by atoms with Gasteiger partial charge in [-0.05, 0) is 145 Å². The Morgan fingerprint density at radius 3 is 0.574 bits per heavy atom. The molecule has 19 heteroatoms. The largest absolute Gasteiger partial charge is 2.00 e. The SMILES string of the molecule is CC(C)(C)O.CC(C)(C)O.CC(C)(C)O.CC(C)(C)O.CC(C)(C)O.CC(C)(C)O.CC(C)(C)O.O.O.O.O.O=Cc1ccccc1.OC(O)c1ccccc1.[CH2]=[Nb].[CH3-].[CH3-].[CH3-].[CH3-].[CH3-].[CH3-].[Nb+2].[Nb+2].[Nb].[Nb]. The van der Waals surface area contributed by atoms with Crippen LogP contribution in [0.4, 0.5) is 0 Å². The van der Waals surface area contributed by atoms with E-state index in [1.165, 1.54) is 20.6 Å². The van der Waals surface area contributed by atoms with Crippen LogP contribution < -0.4 is 0 Å². The number of carbonyl (C=O) groups is 1. The molecule has 4 radical (unpaired) electrons. The van der Waals surface area contributed by atoms with Gasteiger partial charge < -0.3 is 112 Å². The number of aldehydes is 1. The first kappa shape index (κ1) is 144. The van der Waals surface area contributed by atoms with E-state index in [4.69, 9.17) is 46.0 Å². The predicted octanol–water partition coefficient (Wildman–Crippen LogP) is 6.97. The van der Waals surface area contributed by atoms with Crippen LogP contribution in [0.15, 0.2) is 60.7 Å². The molecule has 0 saturated heterocycles. The summed E-state index contributed by atoms with van der Waals surface area (Å²) in [7, 11) is 0. The van der Waals surface area contributed by atoms with Crippen LogP contribution in [0.25, 0.3) is 0 Å². The Bertz CT molecular complexity index is 899. The molecule has 0 bridgehead atoms. The van der Waals surface area contributed by atoms with Gasteiger partial charge in [0.15, 0.2) is 6.29 Å². The van der Waals surface area contributed by atoms with Crippen LogP contribution >= 0.6 is 0 Å². The van der Waals surface area contributed by atoms with Gasteiger partial charge in [0.1, 0.15) is 6.29 Å². The van der Waals surface area contributed by atoms with E-state index in [0.717, 1.165) is 11.8 Å². The molecule has 17 N–H and O–H groups in total. The van der Waals surface area contributed by atoms with Crippen molar-refractivity contribution in [3.8, 4) is 0 Å². The van der Waals surface area contributed by atoms with E-state index in [1.54, 1.807) is 182 Å². The Hall–Kier alpha value is 1.16. The van der Waals surface area contributed by atoms with Crippen molar-refractivity contribution in [1.29, 1.82) is 0 Å². The third-order valence-corrected chi connectivity index (χ3v) is 2.03. The predicted molar refractivity (Wildman–Crippen MR) is 279 cm³/mol. The zero-order valence-electron chi connectivity index (χ0n) is 47.8. The Morgan fingerprint density at radius 2 is 0.500 bits per heavy atom. The average Bonchev–Trinajstić information content (AvgIpc) is 2.84. The van der Waals surface area contributed by atoms with Gasteiger partial charge >= 0.3 is 70.1 Å². The molecule has 0 aliphatic carbocycles. The topological polar surface area (TPSA) is 325 Å². The molecule has 0 atom stereocenters. The molecule has 14 nitrogen and oxygen atoms in total. The molecule has 0 aromatic heterocycles. The van der Waals surface area contributed by atoms with E-state index in [9.17, 15) is 4.79 Å². The summed E-state index contributed by atoms with van der Waals surface area (Å²) in [5.74, 6) is 0. The third kappa shape index (κ3) is 548. The second-order valence-electron chi connectivity index (χ2n) is 18.5. The Balaban J connectivity index is -0.0000000171. The van der Waals surface area contributed by atoms with E-state index in [1.807, 2.05) is 24.3 Å². The zero-order chi connectivity index (χ0) is 46.0. The smallest absolute Gasteiger partial charge is 0.358 e. The molecule has 0 unspecified atom stereocenters. The van der Waals surface area contributed by atoms with Crippen LogP contribution in [0.3, 0.4) is 0 Å². The van der Waals surface area contributed by atoms with Crippen LogP contribution in [-0.2, 0) is 110 Å². The van der Waals surface area contributed by atoms with Gasteiger partial charge in [-0.1, -0.05) is 60.7 Å². The number of hydrogen-bond acceptors (Lipinski definition) is 10. The molecule has 419 valence electrons. The Labute approximate surface area is 496 Å². The molecule has 0 aliphatic heterocycles. The van der Waals surface area contributed by atoms with Gasteiger partial charge in [0.05, 0.1) is 39.2 Å². The van der Waals surface area contributed by atoms with E-state index < -0.39 is 45.5 Å². The minimum Gasteiger partial charge on any atom is -0.358 e. The molecule has 0 fully saturated rings. The summed E-state index contributed by atoms with van der Waals surface area (Å²) in [6.45, 7) is 36.6. The molecule has 0 heterocycles. The van der Waals surface area contributed by atoms with Crippen molar-refractivity contribution in [3.05, 3.63) is 116 Å². The first-order valence-corrected chi connectivity index (χ1v) is 19.1. The van der Waals surface area contributed by atoms with Crippen molar-refractivity contribution in [2.45, 2.75) is 191 Å². The van der Waals surface area contributed by atoms with Gasteiger partial charge in [-0.3, -0.25) is 4.79 Å². The van der Waals surface area contributed by atoms with Gasteiger partial charge in [-0.15, -0.1) is 0 Å². The monoisotopic (exact) mass is 1390 g/mol. The van der Waals surface area contributed by atoms with Crippen molar-refractivity contribution in [3.63, 3.8) is 0 Å². The second-order valence-corrected chi connectivity index (χ2v) is 18.5. The van der Waals surface area contributed by atoms with Crippen molar-refractivity contribution in [2.24, 2.45) is 0 Å². The Kier molecular flexibility index (Phi) is 164. The van der Waals surface area contributed by atoms with Crippen LogP contribution in [0, 0.1) is 44.6 Å². The van der Waals surface area contributed by atoms with E-state index in [2.05, 4.69) is 4.73 Å². The van der Waals surface area contributed by atoms with Crippen molar-refractivity contribution in [2.75, 3.05) is 0 Å². The summed E-state index contributed by atoms with van der Waals surface area (Å²) < 4.78 is 3.30. The maximum absolute atomic E-state index is 10.0. The summed E-state index contributed by atoms with van der Waals surface area (Å²) in [6, 6.07) is 17.8. The molecule has 2 rings (SSSR count). The fourth-order valence-electron chi connectivity index (χ4n) is 1.16. The molecular formula is C49H112Nb5O14-2. The number of benzene rings is 2. The first-order valence-electron chi connectivity index (χ1n) is 17.5. The molecule has 0 saturated carbocycles. The van der Waals surface area contributed by atoms with Crippen LogP contribution in [-0.4, -0.2) is 118 Å². The Morgan fingerprint density at radius 1 is 0.382 bits per heavy atom. The fourth-order valence-corrected chi connectivity index (χ4v) is 1.16. The first-order chi connectivity index (χ1) is 23.2. The van der Waals surface area contributed by atoms with Crippen LogP contribution in [0.1, 0.15) is 168 Å². The zero-order valence-corrected chi connectivity index (χ0v) is 58.8. The van der Waals surface area contributed by atoms with Crippen molar-refractivity contribution < 1.29 is 183 Å². The summed E-state index contributed by atoms with van der Waals surface area (Å²) in [5.41, 5.74) is -2.25. The van der Waals surface area contributed by atoms with Gasteiger partial charge in [-0.2, -0.15) is 0 Å². The van der Waals surface area contributed by atoms with Gasteiger partial charge in [-0.25, -0.2) is 0 Å². The standard InChI is InChI=1S/C7H8O2.C7H6O.7C4H10O.6CH3.CH2.5Nb.4H2O/c8-7(9)6-4-2-1-3-5-6;8-6-7-4-2-1-3-5-7;7*1-4(2,3)5;;;;;;;;;;;;;;;;/h1-5,7-9H;1-6H;7*5H,1-3H3;6*1H3;1H2;;;;;;4*1H2/q;;;;;;;;;6*-1;;;;;2*+2;;;;. The molecule has 0 aliphatic rings. The van der Waals surface area contributed by atoms with Gasteiger partial charge in [0, 0.05) is 55.9 Å². The fraction of sp³-hybridized carbons (Fsp3) is 0.592. The van der Waals surface area contributed by atoms with E-state index >= 15 is 0 Å². The number of hydrogen-bond donors (Lipinski definition) is 9. The van der Waals surface area contributed by atoms with E-state index in [0.29, 0.717) is 5.56 Å². The maximum Gasteiger partial charge on any atom is 2.00 e. The van der Waals surface area contributed by atoms with Gasteiger partial charge in [0.2, 0.25) is 0 Å². The minimum absolute atomic E-state index is 0. The van der Waals surface area contributed by atoms with E-state index in [-0.39, 0.29) is 156 Å².